The average molecular weight is 703 g/mol. The largest absolute Gasteiger partial charge is 0.481 e. The van der Waals surface area contributed by atoms with Crippen molar-refractivity contribution in [2.75, 3.05) is 37.7 Å². The summed E-state index contributed by atoms with van der Waals surface area (Å²) in [5.41, 5.74) is 1.03. The van der Waals surface area contributed by atoms with Crippen LogP contribution in [-0.4, -0.2) is 71.7 Å². The fraction of sp³-hybridized carbons (Fsp3) is 0.371. The van der Waals surface area contributed by atoms with E-state index in [1.165, 1.54) is 19.1 Å². The number of halogens is 3. The monoisotopic (exact) mass is 701 g/mol. The third-order valence-corrected chi connectivity index (χ3v) is 9.33. The van der Waals surface area contributed by atoms with E-state index in [1.807, 2.05) is 48.5 Å². The molecule has 0 unspecified atom stereocenters. The van der Waals surface area contributed by atoms with Gasteiger partial charge in [0.2, 0.25) is 5.91 Å². The quantitative estimate of drug-likeness (QED) is 0.240. The number of carbonyl (C=O) groups is 4. The van der Waals surface area contributed by atoms with E-state index in [2.05, 4.69) is 10.2 Å². The summed E-state index contributed by atoms with van der Waals surface area (Å²) in [6.07, 6.45) is 1.30. The van der Waals surface area contributed by atoms with Crippen LogP contribution in [0.15, 0.2) is 72.8 Å². The van der Waals surface area contributed by atoms with Gasteiger partial charge in [0.1, 0.15) is 18.0 Å². The molecule has 0 spiro atoms. The molecule has 256 valence electrons. The lowest BCUT2D eigenvalue weighted by molar-refractivity contribution is -0.143. The summed E-state index contributed by atoms with van der Waals surface area (Å²) >= 11 is 12.7. The zero-order valence-electron chi connectivity index (χ0n) is 26.5. The molecule has 48 heavy (non-hydrogen) atoms. The standard InChI is InChI=1S/C31H32Cl2FN3O3.C4H6O4/c1-22(38)35-30(23-6-5-7-25(34)18-23)12-15-36(16-13-30)17-14-31(24-10-11-27(32)28(33)19-24)21-37(29(39)20-40-31)26-8-3-2-4-9-26;5-3(6)1-2-4(7)8/h2-11,18-19H,12-17,20-21H2,1H3,(H,35,38);1-2H2,(H,5,6)(H,7,8)/t31-;/m0./s1. The molecule has 0 bridgehead atoms. The predicted octanol–water partition coefficient (Wildman–Crippen LogP) is 5.84. The number of carbonyl (C=O) groups excluding carboxylic acids is 2. The zero-order valence-corrected chi connectivity index (χ0v) is 28.0. The lowest BCUT2D eigenvalue weighted by atomic mass is 9.80. The number of benzene rings is 3. The van der Waals surface area contributed by atoms with Crippen LogP contribution in [0.4, 0.5) is 10.1 Å². The number of carboxylic acids is 2. The Bertz CT molecular complexity index is 1600. The molecule has 5 rings (SSSR count). The number of anilines is 1. The third-order valence-electron chi connectivity index (χ3n) is 8.59. The van der Waals surface area contributed by atoms with Crippen LogP contribution >= 0.6 is 23.2 Å². The van der Waals surface area contributed by atoms with E-state index in [0.29, 0.717) is 55.5 Å². The van der Waals surface area contributed by atoms with E-state index in [9.17, 15) is 23.6 Å². The van der Waals surface area contributed by atoms with Gasteiger partial charge in [-0.1, -0.05) is 59.6 Å². The van der Waals surface area contributed by atoms with Crippen LogP contribution in [0.2, 0.25) is 10.0 Å². The van der Waals surface area contributed by atoms with Crippen LogP contribution < -0.4 is 10.2 Å². The molecule has 2 aliphatic heterocycles. The van der Waals surface area contributed by atoms with Gasteiger partial charge in [-0.15, -0.1) is 0 Å². The molecule has 0 aromatic heterocycles. The molecule has 3 N–H and O–H groups in total. The van der Waals surface area contributed by atoms with Gasteiger partial charge in [0, 0.05) is 32.2 Å². The molecule has 13 heteroatoms. The van der Waals surface area contributed by atoms with E-state index in [4.69, 9.17) is 38.2 Å². The van der Waals surface area contributed by atoms with Gasteiger partial charge in [-0.05, 0) is 66.8 Å². The summed E-state index contributed by atoms with van der Waals surface area (Å²) < 4.78 is 20.4. The van der Waals surface area contributed by atoms with Gasteiger partial charge >= 0.3 is 11.9 Å². The Morgan fingerprint density at radius 2 is 1.56 bits per heavy atom. The van der Waals surface area contributed by atoms with Gasteiger partial charge in [-0.2, -0.15) is 0 Å². The van der Waals surface area contributed by atoms with Crippen molar-refractivity contribution in [3.63, 3.8) is 0 Å². The van der Waals surface area contributed by atoms with Gasteiger partial charge in [-0.3, -0.25) is 19.2 Å². The van der Waals surface area contributed by atoms with Crippen molar-refractivity contribution >= 4 is 52.6 Å². The van der Waals surface area contributed by atoms with Gasteiger partial charge in [0.05, 0.1) is 35.0 Å². The van der Waals surface area contributed by atoms with E-state index >= 15 is 0 Å². The van der Waals surface area contributed by atoms with Gasteiger partial charge in [0.15, 0.2) is 0 Å². The van der Waals surface area contributed by atoms with Gasteiger partial charge < -0.3 is 30.1 Å². The molecular weight excluding hydrogens is 664 g/mol. The maximum absolute atomic E-state index is 14.1. The van der Waals surface area contributed by atoms with Crippen LogP contribution in [0, 0.1) is 5.82 Å². The summed E-state index contributed by atoms with van der Waals surface area (Å²) in [4.78, 5) is 48.4. The lowest BCUT2D eigenvalue weighted by Gasteiger charge is -2.46. The SMILES string of the molecule is CC(=O)NC1(c2cccc(F)c2)CCN(CC[C@@]2(c3ccc(Cl)c(Cl)c3)CN(c3ccccc3)C(=O)CO2)CC1.O=C(O)CCC(=O)O. The first-order chi connectivity index (χ1) is 22.8. The first kappa shape index (κ1) is 36.8. The number of ether oxygens (including phenoxy) is 1. The second-order valence-electron chi connectivity index (χ2n) is 11.9. The molecule has 0 saturated carbocycles. The Kier molecular flexibility index (Phi) is 12.6. The Hall–Kier alpha value is -4.03. The van der Waals surface area contributed by atoms with Crippen molar-refractivity contribution in [1.29, 1.82) is 0 Å². The summed E-state index contributed by atoms with van der Waals surface area (Å²) in [7, 11) is 0. The molecular formula is C35H38Cl2FN3O7. The van der Waals surface area contributed by atoms with Crippen LogP contribution in [0.5, 0.6) is 0 Å². The Morgan fingerprint density at radius 3 is 2.15 bits per heavy atom. The molecule has 3 aromatic rings. The van der Waals surface area contributed by atoms with Gasteiger partial charge in [-0.25, -0.2) is 4.39 Å². The molecule has 0 radical (unpaired) electrons. The van der Waals surface area contributed by atoms with E-state index in [1.54, 1.807) is 17.0 Å². The smallest absolute Gasteiger partial charge is 0.303 e. The van der Waals surface area contributed by atoms with Crippen molar-refractivity contribution in [2.45, 2.75) is 50.2 Å². The van der Waals surface area contributed by atoms with E-state index < -0.39 is 23.1 Å². The molecule has 2 saturated heterocycles. The van der Waals surface area contributed by atoms with Crippen molar-refractivity contribution < 1.29 is 38.5 Å². The van der Waals surface area contributed by atoms with Crippen molar-refractivity contribution in [3.05, 3.63) is 99.8 Å². The normalized spacial score (nSPS) is 19.2. The summed E-state index contributed by atoms with van der Waals surface area (Å²) in [5.74, 6) is -2.72. The Morgan fingerprint density at radius 1 is 0.896 bits per heavy atom. The number of nitrogens with zero attached hydrogens (tertiary/aromatic N) is 2. The topological polar surface area (TPSA) is 136 Å². The molecule has 2 amide bonds. The second kappa shape index (κ2) is 16.4. The number of likely N-dealkylation sites (tertiary alicyclic amines) is 1. The van der Waals surface area contributed by atoms with Gasteiger partial charge in [0.25, 0.3) is 5.91 Å². The number of nitrogens with one attached hydrogen (secondary N) is 1. The molecule has 3 aromatic carbocycles. The van der Waals surface area contributed by atoms with E-state index in [0.717, 1.165) is 16.8 Å². The molecule has 0 aliphatic carbocycles. The summed E-state index contributed by atoms with van der Waals surface area (Å²) in [6, 6.07) is 21.5. The predicted molar refractivity (Wildman–Crippen MR) is 180 cm³/mol. The van der Waals surface area contributed by atoms with Crippen molar-refractivity contribution in [1.82, 2.24) is 10.2 Å². The first-order valence-corrected chi connectivity index (χ1v) is 16.2. The molecule has 2 fully saturated rings. The maximum Gasteiger partial charge on any atom is 0.303 e. The first-order valence-electron chi connectivity index (χ1n) is 15.5. The fourth-order valence-corrected chi connectivity index (χ4v) is 6.38. The van der Waals surface area contributed by atoms with E-state index in [-0.39, 0.29) is 37.1 Å². The lowest BCUT2D eigenvalue weighted by Crippen LogP contribution is -2.55. The highest BCUT2D eigenvalue weighted by Gasteiger charge is 2.43. The Labute approximate surface area is 288 Å². The molecule has 1 atom stereocenters. The average Bonchev–Trinajstić information content (AvgIpc) is 3.06. The van der Waals surface area contributed by atoms with Crippen molar-refractivity contribution in [3.8, 4) is 0 Å². The van der Waals surface area contributed by atoms with Crippen LogP contribution in [-0.2, 0) is 35.1 Å². The van der Waals surface area contributed by atoms with Crippen LogP contribution in [0.1, 0.15) is 50.2 Å². The summed E-state index contributed by atoms with van der Waals surface area (Å²) in [5, 5.41) is 19.8. The third kappa shape index (κ3) is 9.53. The van der Waals surface area contributed by atoms with Crippen LogP contribution in [0.25, 0.3) is 0 Å². The highest BCUT2D eigenvalue weighted by atomic mass is 35.5. The number of hydrogen-bond donors (Lipinski definition) is 3. The highest BCUT2D eigenvalue weighted by molar-refractivity contribution is 6.42. The minimum Gasteiger partial charge on any atom is -0.481 e. The number of para-hydroxylation sites is 1. The Balaban J connectivity index is 0.000000579. The molecule has 2 aliphatic rings. The summed E-state index contributed by atoms with van der Waals surface area (Å²) in [6.45, 7) is 3.87. The van der Waals surface area contributed by atoms with Crippen LogP contribution in [0.3, 0.4) is 0 Å². The highest BCUT2D eigenvalue weighted by Crippen LogP contribution is 2.39. The number of hydrogen-bond acceptors (Lipinski definition) is 6. The molecule has 2 heterocycles. The number of aliphatic carboxylic acids is 2. The van der Waals surface area contributed by atoms with Crippen molar-refractivity contribution in [2.24, 2.45) is 0 Å². The maximum atomic E-state index is 14.1. The number of amides is 2. The minimum atomic E-state index is -1.08. The number of morpholine rings is 1. The zero-order chi connectivity index (χ0) is 34.9. The molecule has 10 nitrogen and oxygen atoms in total. The number of piperidine rings is 1. The minimum absolute atomic E-state index is 0.0552. The number of rotatable bonds is 10. The number of carboxylic acid groups (broad SMARTS) is 2. The second-order valence-corrected chi connectivity index (χ2v) is 12.7. The fourth-order valence-electron chi connectivity index (χ4n) is 6.08.